The molecule has 15 nitrogen and oxygen atoms in total. The lowest BCUT2D eigenvalue weighted by Gasteiger charge is -2.47. The van der Waals surface area contributed by atoms with E-state index in [1.165, 1.54) is 0 Å². The molecule has 1 amide bonds. The summed E-state index contributed by atoms with van der Waals surface area (Å²) >= 11 is 0. The highest BCUT2D eigenvalue weighted by molar-refractivity contribution is 5.87. The van der Waals surface area contributed by atoms with Crippen molar-refractivity contribution in [2.24, 2.45) is 11.5 Å². The van der Waals surface area contributed by atoms with Gasteiger partial charge in [0.2, 0.25) is 6.29 Å². The van der Waals surface area contributed by atoms with Crippen LogP contribution in [0, 0.1) is 0 Å². The second-order valence-corrected chi connectivity index (χ2v) is 10.4. The maximum atomic E-state index is 12.9. The van der Waals surface area contributed by atoms with Gasteiger partial charge in [0.15, 0.2) is 11.9 Å². The molecule has 2 heterocycles. The number of β-amino-alcohol motifs (C(OH)–C–C–N with tert-alkyl or cyclic N) is 1. The molecule has 0 spiro atoms. The second kappa shape index (κ2) is 14.4. The van der Waals surface area contributed by atoms with Crippen molar-refractivity contribution in [1.82, 2.24) is 21.3 Å². The molecule has 1 saturated carbocycles. The number of hydrogen-bond donors (Lipinski definition) is 10. The molecule has 0 aromatic rings. The molecule has 2 fully saturated rings. The largest absolute Gasteiger partial charge is 0.467 e. The van der Waals surface area contributed by atoms with Crippen LogP contribution in [0.1, 0.15) is 19.8 Å². The summed E-state index contributed by atoms with van der Waals surface area (Å²) in [6.45, 7) is 1.86. The van der Waals surface area contributed by atoms with Crippen LogP contribution in [-0.4, -0.2) is 140 Å². The van der Waals surface area contributed by atoms with Crippen LogP contribution in [0.2, 0.25) is 0 Å². The molecule has 0 bridgehead atoms. The maximum absolute atomic E-state index is 12.9. The maximum Gasteiger partial charge on any atom is 0.254 e. The van der Waals surface area contributed by atoms with Gasteiger partial charge in [-0.15, -0.1) is 0 Å². The minimum Gasteiger partial charge on any atom is -0.467 e. The van der Waals surface area contributed by atoms with Crippen LogP contribution in [0.25, 0.3) is 0 Å². The average molecular weight is 563 g/mol. The molecule has 0 aromatic carbocycles. The van der Waals surface area contributed by atoms with Gasteiger partial charge in [0.05, 0.1) is 31.8 Å². The Hall–Kier alpha value is -1.47. The molecule has 2 aliphatic heterocycles. The van der Waals surface area contributed by atoms with E-state index < -0.39 is 72.7 Å². The fraction of sp³-hybridized carbons (Fsp3) is 0.875. The number of aliphatic hydroxyl groups excluding tert-OH is 3. The van der Waals surface area contributed by atoms with E-state index in [4.69, 9.17) is 30.4 Å². The van der Waals surface area contributed by atoms with Crippen molar-refractivity contribution in [1.29, 1.82) is 0 Å². The summed E-state index contributed by atoms with van der Waals surface area (Å²) < 4.78 is 23.7. The molecule has 0 aromatic heterocycles. The second-order valence-electron chi connectivity index (χ2n) is 10.4. The smallest absolute Gasteiger partial charge is 0.254 e. The number of amides is 1. The Morgan fingerprint density at radius 2 is 2.00 bits per heavy atom. The molecule has 3 rings (SSSR count). The van der Waals surface area contributed by atoms with E-state index in [1.807, 2.05) is 6.08 Å². The van der Waals surface area contributed by atoms with Gasteiger partial charge in [0.25, 0.3) is 5.91 Å². The molecule has 12 N–H and O–H groups in total. The summed E-state index contributed by atoms with van der Waals surface area (Å²) in [5, 5.41) is 53.7. The lowest BCUT2D eigenvalue weighted by atomic mass is 9.83. The van der Waals surface area contributed by atoms with Crippen LogP contribution in [0.4, 0.5) is 0 Å². The molecule has 0 radical (unpaired) electrons. The van der Waals surface area contributed by atoms with E-state index in [0.29, 0.717) is 18.7 Å². The Labute approximate surface area is 228 Å². The van der Waals surface area contributed by atoms with Crippen LogP contribution in [0.15, 0.2) is 11.8 Å². The van der Waals surface area contributed by atoms with Gasteiger partial charge in [-0.2, -0.15) is 0 Å². The number of ether oxygens (including phenoxy) is 4. The molecule has 15 heteroatoms. The topological polar surface area (TPSA) is 235 Å². The normalized spacial score (nSPS) is 34.7. The van der Waals surface area contributed by atoms with Gasteiger partial charge in [-0.05, 0) is 39.9 Å². The predicted octanol–water partition coefficient (Wildman–Crippen LogP) is -4.85. The Kier molecular flexibility index (Phi) is 11.9. The number of hydrogen-bond acceptors (Lipinski definition) is 14. The number of carbonyl (C=O) groups excluding carboxylic acids is 1. The van der Waals surface area contributed by atoms with Crippen molar-refractivity contribution in [3.05, 3.63) is 11.8 Å². The first kappa shape index (κ1) is 32.0. The Bertz CT molecular complexity index is 819. The third-order valence-electron chi connectivity index (χ3n) is 7.38. The minimum atomic E-state index is -1.60. The van der Waals surface area contributed by atoms with Crippen molar-refractivity contribution in [3.8, 4) is 0 Å². The van der Waals surface area contributed by atoms with E-state index >= 15 is 0 Å². The van der Waals surface area contributed by atoms with Gasteiger partial charge >= 0.3 is 0 Å². The quantitative estimate of drug-likeness (QED) is 0.0894. The highest BCUT2D eigenvalue weighted by atomic mass is 16.7. The zero-order chi connectivity index (χ0) is 28.7. The first-order valence-electron chi connectivity index (χ1n) is 13.4. The van der Waals surface area contributed by atoms with E-state index in [0.717, 1.165) is 0 Å². The lowest BCUT2D eigenvalue weighted by molar-refractivity contribution is -0.272. The van der Waals surface area contributed by atoms with Crippen molar-refractivity contribution < 1.29 is 44.2 Å². The highest BCUT2D eigenvalue weighted by Gasteiger charge is 2.51. The summed E-state index contributed by atoms with van der Waals surface area (Å²) in [7, 11) is 3.43. The van der Waals surface area contributed by atoms with Gasteiger partial charge in [0.1, 0.15) is 30.2 Å². The molecule has 3 aliphatic rings. The van der Waals surface area contributed by atoms with Gasteiger partial charge in [0, 0.05) is 25.2 Å². The van der Waals surface area contributed by atoms with E-state index in [9.17, 15) is 25.2 Å². The third-order valence-corrected chi connectivity index (χ3v) is 7.38. The number of nitrogens with two attached hydrogens (primary N) is 2. The predicted molar refractivity (Wildman–Crippen MR) is 139 cm³/mol. The summed E-state index contributed by atoms with van der Waals surface area (Å²) in [6.07, 6.45) is -4.53. The number of likely N-dealkylation sites (N-methyl/N-ethyl adjacent to an activating group) is 2. The van der Waals surface area contributed by atoms with Crippen LogP contribution in [0.5, 0.6) is 0 Å². The standard InChI is InChI=1S/C24H46N6O9/c1-12(28-3)17(32)22(36-7-6-31)39-20-16(30-23(34)24(35)10-29-11-24)8-15(26)19(18(20)33)38-21-14(25)5-4-13(37-21)9-27-2/h4,12,14-22,27-29,31-33,35H,5-11,25-26H2,1-3H3,(H,30,34)/t12-,14+,15-,16+,17+,18-,19+,20-,21+,22+/m0/s1. The molecule has 0 unspecified atom stereocenters. The van der Waals surface area contributed by atoms with Crippen molar-refractivity contribution in [2.45, 2.75) is 86.5 Å². The Morgan fingerprint density at radius 3 is 2.59 bits per heavy atom. The fourth-order valence-corrected chi connectivity index (χ4v) is 4.75. The Balaban J connectivity index is 1.83. The molecular weight excluding hydrogens is 516 g/mol. The monoisotopic (exact) mass is 562 g/mol. The van der Waals surface area contributed by atoms with Crippen molar-refractivity contribution in [3.63, 3.8) is 0 Å². The fourth-order valence-electron chi connectivity index (χ4n) is 4.75. The molecular formula is C24H46N6O9. The number of carbonyl (C=O) groups is 1. The zero-order valence-corrected chi connectivity index (χ0v) is 22.8. The molecule has 226 valence electrons. The van der Waals surface area contributed by atoms with Gasteiger partial charge in [-0.25, -0.2) is 0 Å². The number of rotatable bonds is 14. The molecule has 1 aliphatic carbocycles. The summed E-state index contributed by atoms with van der Waals surface area (Å²) in [4.78, 5) is 12.9. The van der Waals surface area contributed by atoms with E-state index in [1.54, 1.807) is 21.0 Å². The SMILES string of the molecule is CNCC1=CC[C@@H](N)[C@@H](O[C@H]2[C@H](O)[C@@H](O[C@@H](OCCO)[C@H](O)[C@H](C)NC)[C@H](NC(=O)C3(O)CNC3)C[C@@H]2N)O1. The van der Waals surface area contributed by atoms with Gasteiger partial charge < -0.3 is 72.1 Å². The van der Waals surface area contributed by atoms with Gasteiger partial charge in [-0.3, -0.25) is 4.79 Å². The van der Waals surface area contributed by atoms with Crippen LogP contribution < -0.4 is 32.7 Å². The zero-order valence-electron chi connectivity index (χ0n) is 22.8. The summed E-state index contributed by atoms with van der Waals surface area (Å²) in [5.41, 5.74) is 11.1. The van der Waals surface area contributed by atoms with Crippen LogP contribution in [0.3, 0.4) is 0 Å². The Morgan fingerprint density at radius 1 is 1.28 bits per heavy atom. The summed E-state index contributed by atoms with van der Waals surface area (Å²) in [6, 6.07) is -2.64. The van der Waals surface area contributed by atoms with E-state index in [2.05, 4.69) is 21.3 Å². The minimum absolute atomic E-state index is 0.0808. The highest BCUT2D eigenvalue weighted by Crippen LogP contribution is 2.30. The van der Waals surface area contributed by atoms with Crippen molar-refractivity contribution >= 4 is 5.91 Å². The molecule has 1 saturated heterocycles. The average Bonchev–Trinajstić information content (AvgIpc) is 2.89. The van der Waals surface area contributed by atoms with Crippen LogP contribution >= 0.6 is 0 Å². The third kappa shape index (κ3) is 7.84. The number of nitrogens with one attached hydrogen (secondary N) is 4. The number of aliphatic hydroxyl groups is 4. The van der Waals surface area contributed by atoms with Crippen LogP contribution in [-0.2, 0) is 23.7 Å². The first-order valence-corrected chi connectivity index (χ1v) is 13.4. The summed E-state index contributed by atoms with van der Waals surface area (Å²) in [5.74, 6) is 0.0000670. The van der Waals surface area contributed by atoms with E-state index in [-0.39, 0.29) is 32.7 Å². The van der Waals surface area contributed by atoms with Crippen molar-refractivity contribution in [2.75, 3.05) is 46.9 Å². The molecule has 39 heavy (non-hydrogen) atoms. The lowest BCUT2D eigenvalue weighted by Crippen LogP contribution is -2.72. The van der Waals surface area contributed by atoms with Gasteiger partial charge in [-0.1, -0.05) is 0 Å². The molecule has 10 atom stereocenters. The first-order chi connectivity index (χ1) is 18.5.